The summed E-state index contributed by atoms with van der Waals surface area (Å²) in [7, 11) is 0. The van der Waals surface area contributed by atoms with Gasteiger partial charge in [0.1, 0.15) is 11.4 Å². The van der Waals surface area contributed by atoms with Gasteiger partial charge in [-0.25, -0.2) is 0 Å². The molecule has 0 aliphatic rings. The quantitative estimate of drug-likeness (QED) is 0.441. The normalized spacial score (nSPS) is 11.8. The Morgan fingerprint density at radius 3 is 2.30 bits per heavy atom. The molecule has 1 atom stereocenters. The second-order valence-electron chi connectivity index (χ2n) is 4.18. The van der Waals surface area contributed by atoms with E-state index in [4.69, 9.17) is 4.74 Å². The maximum absolute atomic E-state index is 11.9. The Bertz CT molecular complexity index is 531. The predicted octanol–water partition coefficient (Wildman–Crippen LogP) is 4.29. The number of benzene rings is 2. The summed E-state index contributed by atoms with van der Waals surface area (Å²) in [4.78, 5) is 12.7. The minimum Gasteiger partial charge on any atom is -0.460 e. The van der Waals surface area contributed by atoms with Gasteiger partial charge >= 0.3 is 5.97 Å². The van der Waals surface area contributed by atoms with E-state index in [0.29, 0.717) is 12.4 Å². The SMILES string of the molecule is O=C(OCc1ccccc1)C(Br)CSc1ccccc1. The van der Waals surface area contributed by atoms with Crippen molar-refractivity contribution in [2.24, 2.45) is 0 Å². The molecule has 0 aromatic heterocycles. The Morgan fingerprint density at radius 1 is 1.05 bits per heavy atom. The lowest BCUT2D eigenvalue weighted by molar-refractivity contribution is -0.143. The van der Waals surface area contributed by atoms with Crippen molar-refractivity contribution < 1.29 is 9.53 Å². The molecule has 0 saturated carbocycles. The van der Waals surface area contributed by atoms with E-state index in [1.54, 1.807) is 11.8 Å². The molecule has 0 amide bonds. The zero-order chi connectivity index (χ0) is 14.2. The molecule has 0 radical (unpaired) electrons. The summed E-state index contributed by atoms with van der Waals surface area (Å²) in [6.07, 6.45) is 0. The maximum Gasteiger partial charge on any atom is 0.320 e. The van der Waals surface area contributed by atoms with Crippen LogP contribution in [0.15, 0.2) is 65.6 Å². The van der Waals surface area contributed by atoms with Crippen molar-refractivity contribution in [3.63, 3.8) is 0 Å². The molecule has 0 fully saturated rings. The molecule has 0 N–H and O–H groups in total. The largest absolute Gasteiger partial charge is 0.460 e. The van der Waals surface area contributed by atoms with Crippen molar-refractivity contribution in [3.05, 3.63) is 66.2 Å². The lowest BCUT2D eigenvalue weighted by atomic mass is 10.2. The first kappa shape index (κ1) is 15.1. The maximum atomic E-state index is 11.9. The van der Waals surface area contributed by atoms with Gasteiger partial charge in [-0.3, -0.25) is 4.79 Å². The summed E-state index contributed by atoms with van der Waals surface area (Å²) in [5.74, 6) is 0.426. The second kappa shape index (κ2) is 8.12. The van der Waals surface area contributed by atoms with E-state index in [1.807, 2.05) is 60.7 Å². The number of carbonyl (C=O) groups excluding carboxylic acids is 1. The van der Waals surface area contributed by atoms with E-state index in [2.05, 4.69) is 15.9 Å². The van der Waals surface area contributed by atoms with E-state index >= 15 is 0 Å². The van der Waals surface area contributed by atoms with Gasteiger partial charge in [-0.1, -0.05) is 64.5 Å². The van der Waals surface area contributed by atoms with Crippen LogP contribution in [0.4, 0.5) is 0 Å². The van der Waals surface area contributed by atoms with Crippen molar-refractivity contribution in [1.82, 2.24) is 0 Å². The summed E-state index contributed by atoms with van der Waals surface area (Å²) in [6, 6.07) is 19.7. The topological polar surface area (TPSA) is 26.3 Å². The number of thioether (sulfide) groups is 1. The van der Waals surface area contributed by atoms with Crippen LogP contribution in [0.25, 0.3) is 0 Å². The highest BCUT2D eigenvalue weighted by atomic mass is 79.9. The Labute approximate surface area is 131 Å². The van der Waals surface area contributed by atoms with Crippen LogP contribution >= 0.6 is 27.7 Å². The minimum absolute atomic E-state index is 0.225. The fraction of sp³-hybridized carbons (Fsp3) is 0.188. The number of halogens is 1. The number of ether oxygens (including phenoxy) is 1. The molecule has 2 aromatic carbocycles. The fourth-order valence-corrected chi connectivity index (χ4v) is 2.93. The molecule has 0 aliphatic carbocycles. The summed E-state index contributed by atoms with van der Waals surface area (Å²) in [5.41, 5.74) is 0.997. The first-order valence-electron chi connectivity index (χ1n) is 6.28. The molecule has 2 aromatic rings. The highest BCUT2D eigenvalue weighted by molar-refractivity contribution is 9.10. The highest BCUT2D eigenvalue weighted by Crippen LogP contribution is 2.21. The second-order valence-corrected chi connectivity index (χ2v) is 6.38. The molecule has 2 rings (SSSR count). The molecular formula is C16H15BrO2S. The van der Waals surface area contributed by atoms with Crippen LogP contribution in [0.3, 0.4) is 0 Å². The lowest BCUT2D eigenvalue weighted by Crippen LogP contribution is -2.19. The third-order valence-electron chi connectivity index (χ3n) is 2.62. The van der Waals surface area contributed by atoms with Gasteiger partial charge in [0.15, 0.2) is 0 Å². The Kier molecular flexibility index (Phi) is 6.15. The number of alkyl halides is 1. The number of hydrogen-bond acceptors (Lipinski definition) is 3. The van der Waals surface area contributed by atoms with Gasteiger partial charge in [-0.2, -0.15) is 0 Å². The summed E-state index contributed by atoms with van der Waals surface area (Å²) >= 11 is 5.01. The van der Waals surface area contributed by atoms with E-state index < -0.39 is 0 Å². The molecule has 0 saturated heterocycles. The van der Waals surface area contributed by atoms with E-state index in [0.717, 1.165) is 10.5 Å². The first-order chi connectivity index (χ1) is 9.75. The van der Waals surface area contributed by atoms with Crippen molar-refractivity contribution in [2.45, 2.75) is 16.3 Å². The molecule has 0 heterocycles. The Morgan fingerprint density at radius 2 is 1.65 bits per heavy atom. The molecule has 0 bridgehead atoms. The highest BCUT2D eigenvalue weighted by Gasteiger charge is 2.16. The van der Waals surface area contributed by atoms with Crippen LogP contribution in [-0.2, 0) is 16.1 Å². The van der Waals surface area contributed by atoms with E-state index in [1.165, 1.54) is 0 Å². The van der Waals surface area contributed by atoms with E-state index in [9.17, 15) is 4.79 Å². The fourth-order valence-electron chi connectivity index (χ4n) is 1.57. The van der Waals surface area contributed by atoms with Crippen molar-refractivity contribution in [1.29, 1.82) is 0 Å². The summed E-state index contributed by atoms with van der Waals surface area (Å²) < 4.78 is 5.28. The van der Waals surface area contributed by atoms with Gasteiger partial charge < -0.3 is 4.74 Å². The molecule has 20 heavy (non-hydrogen) atoms. The number of hydrogen-bond donors (Lipinski definition) is 0. The van der Waals surface area contributed by atoms with Crippen molar-refractivity contribution in [3.8, 4) is 0 Å². The first-order valence-corrected chi connectivity index (χ1v) is 8.18. The van der Waals surface area contributed by atoms with Gasteiger partial charge in [-0.15, -0.1) is 11.8 Å². The van der Waals surface area contributed by atoms with E-state index in [-0.39, 0.29) is 10.8 Å². The summed E-state index contributed by atoms with van der Waals surface area (Å²) in [5, 5.41) is 0. The van der Waals surface area contributed by atoms with Gasteiger partial charge in [0.05, 0.1) is 0 Å². The van der Waals surface area contributed by atoms with Crippen LogP contribution < -0.4 is 0 Å². The van der Waals surface area contributed by atoms with Crippen LogP contribution in [0, 0.1) is 0 Å². The average molecular weight is 351 g/mol. The number of esters is 1. The van der Waals surface area contributed by atoms with Gasteiger partial charge in [0, 0.05) is 10.6 Å². The molecular weight excluding hydrogens is 336 g/mol. The number of carbonyl (C=O) groups is 1. The van der Waals surface area contributed by atoms with Gasteiger partial charge in [-0.05, 0) is 17.7 Å². The Hall–Kier alpha value is -1.26. The van der Waals surface area contributed by atoms with Crippen LogP contribution in [0.5, 0.6) is 0 Å². The molecule has 1 unspecified atom stereocenters. The van der Waals surface area contributed by atoms with Crippen LogP contribution in [-0.4, -0.2) is 16.5 Å². The predicted molar refractivity (Wildman–Crippen MR) is 86.1 cm³/mol. The zero-order valence-electron chi connectivity index (χ0n) is 10.9. The standard InChI is InChI=1S/C16H15BrO2S/c17-15(12-20-14-9-5-2-6-10-14)16(18)19-11-13-7-3-1-4-8-13/h1-10,15H,11-12H2. The zero-order valence-corrected chi connectivity index (χ0v) is 13.3. The monoisotopic (exact) mass is 350 g/mol. The smallest absolute Gasteiger partial charge is 0.320 e. The molecule has 2 nitrogen and oxygen atoms in total. The minimum atomic E-state index is -0.295. The van der Waals surface area contributed by atoms with Crippen molar-refractivity contribution >= 4 is 33.7 Å². The van der Waals surface area contributed by atoms with Crippen molar-refractivity contribution in [2.75, 3.05) is 5.75 Å². The third-order valence-corrected chi connectivity index (χ3v) is 4.85. The summed E-state index contributed by atoms with van der Waals surface area (Å²) in [6.45, 7) is 0.317. The molecule has 0 spiro atoms. The molecule has 0 aliphatic heterocycles. The van der Waals surface area contributed by atoms with Crippen LogP contribution in [0.2, 0.25) is 0 Å². The average Bonchev–Trinajstić information content (AvgIpc) is 2.52. The lowest BCUT2D eigenvalue weighted by Gasteiger charge is -2.10. The van der Waals surface area contributed by atoms with Crippen LogP contribution in [0.1, 0.15) is 5.56 Å². The molecule has 4 heteroatoms. The van der Waals surface area contributed by atoms with Gasteiger partial charge in [0.2, 0.25) is 0 Å². The van der Waals surface area contributed by atoms with Gasteiger partial charge in [0.25, 0.3) is 0 Å². The third kappa shape index (κ3) is 5.02. The molecule has 104 valence electrons. The Balaban J connectivity index is 1.75. The number of rotatable bonds is 6.